The number of amides is 2. The predicted molar refractivity (Wildman–Crippen MR) is 124 cm³/mol. The van der Waals surface area contributed by atoms with Crippen molar-refractivity contribution in [1.82, 2.24) is 14.7 Å². The summed E-state index contributed by atoms with van der Waals surface area (Å²) in [6, 6.07) is -0.720. The SMILES string of the molecule is C=CCN(CCN1CCOCC1)C(=O)C1N(CCCO)C(=O)[C@@H]2[C@H](C(=O)O)[C@]3(C)CCC12S3. The van der Waals surface area contributed by atoms with Gasteiger partial charge in [-0.25, -0.2) is 0 Å². The number of ether oxygens (including phenoxy) is 1. The summed E-state index contributed by atoms with van der Waals surface area (Å²) in [7, 11) is 0. The van der Waals surface area contributed by atoms with Crippen LogP contribution in [0.15, 0.2) is 12.7 Å². The molecule has 0 aromatic carbocycles. The van der Waals surface area contributed by atoms with E-state index in [-0.39, 0.29) is 25.0 Å². The second-order valence-electron chi connectivity index (χ2n) is 9.70. The summed E-state index contributed by atoms with van der Waals surface area (Å²) in [4.78, 5) is 45.5. The Hall–Kier alpha value is -1.62. The number of morpholine rings is 1. The molecule has 4 rings (SSSR count). The van der Waals surface area contributed by atoms with Crippen LogP contribution in [0, 0.1) is 11.8 Å². The highest BCUT2D eigenvalue weighted by Crippen LogP contribution is 2.71. The Balaban J connectivity index is 1.63. The zero-order chi connectivity index (χ0) is 23.8. The lowest BCUT2D eigenvalue weighted by molar-refractivity contribution is -0.150. The second-order valence-corrected chi connectivity index (χ2v) is 11.6. The number of carboxylic acid groups (broad SMARTS) is 1. The maximum absolute atomic E-state index is 14.1. The first-order valence-electron chi connectivity index (χ1n) is 11.8. The Labute approximate surface area is 199 Å². The highest BCUT2D eigenvalue weighted by molar-refractivity contribution is 8.02. The lowest BCUT2D eigenvalue weighted by Gasteiger charge is -2.38. The number of thioether (sulfide) groups is 1. The molecular formula is C23H35N3O6S. The van der Waals surface area contributed by atoms with Crippen LogP contribution in [0.4, 0.5) is 0 Å². The number of carbonyl (C=O) groups is 3. The molecule has 33 heavy (non-hydrogen) atoms. The molecule has 4 aliphatic rings. The van der Waals surface area contributed by atoms with E-state index >= 15 is 0 Å². The van der Waals surface area contributed by atoms with E-state index < -0.39 is 33.3 Å². The molecular weight excluding hydrogens is 446 g/mol. The number of likely N-dealkylation sites (tertiary alicyclic amines) is 1. The summed E-state index contributed by atoms with van der Waals surface area (Å²) in [5.74, 6) is -2.87. The molecule has 2 bridgehead atoms. The highest BCUT2D eigenvalue weighted by Gasteiger charge is 2.77. The number of hydrogen-bond acceptors (Lipinski definition) is 7. The van der Waals surface area contributed by atoms with Gasteiger partial charge in [-0.1, -0.05) is 6.08 Å². The quantitative estimate of drug-likeness (QED) is 0.428. The topological polar surface area (TPSA) is 111 Å². The van der Waals surface area contributed by atoms with Gasteiger partial charge in [-0.3, -0.25) is 19.3 Å². The monoisotopic (exact) mass is 481 g/mol. The van der Waals surface area contributed by atoms with Gasteiger partial charge in [0.25, 0.3) is 0 Å². The van der Waals surface area contributed by atoms with Crippen LogP contribution in [0.3, 0.4) is 0 Å². The first kappa shape index (κ1) is 24.5. The van der Waals surface area contributed by atoms with Crippen molar-refractivity contribution in [2.45, 2.75) is 41.7 Å². The molecule has 4 saturated heterocycles. The number of nitrogens with zero attached hydrogens (tertiary/aromatic N) is 3. The van der Waals surface area contributed by atoms with Crippen molar-refractivity contribution >= 4 is 29.5 Å². The van der Waals surface area contributed by atoms with E-state index in [9.17, 15) is 24.6 Å². The van der Waals surface area contributed by atoms with Gasteiger partial charge in [0.2, 0.25) is 11.8 Å². The van der Waals surface area contributed by atoms with E-state index in [1.165, 1.54) is 0 Å². The van der Waals surface area contributed by atoms with Crippen LogP contribution in [0.1, 0.15) is 26.2 Å². The maximum Gasteiger partial charge on any atom is 0.308 e. The fraction of sp³-hybridized carbons (Fsp3) is 0.783. The lowest BCUT2D eigenvalue weighted by atomic mass is 9.66. The van der Waals surface area contributed by atoms with Gasteiger partial charge in [-0.2, -0.15) is 0 Å². The summed E-state index contributed by atoms with van der Waals surface area (Å²) in [6.07, 6.45) is 3.37. The van der Waals surface area contributed by atoms with Crippen LogP contribution < -0.4 is 0 Å². The molecule has 5 atom stereocenters. The minimum Gasteiger partial charge on any atom is -0.481 e. The van der Waals surface area contributed by atoms with Gasteiger partial charge in [-0.05, 0) is 26.2 Å². The van der Waals surface area contributed by atoms with Gasteiger partial charge in [-0.15, -0.1) is 18.3 Å². The molecule has 0 saturated carbocycles. The first-order chi connectivity index (χ1) is 15.8. The molecule has 0 aliphatic carbocycles. The molecule has 1 spiro atoms. The Morgan fingerprint density at radius 1 is 1.30 bits per heavy atom. The van der Waals surface area contributed by atoms with Crippen molar-refractivity contribution in [1.29, 1.82) is 0 Å². The Morgan fingerprint density at radius 2 is 2.03 bits per heavy atom. The van der Waals surface area contributed by atoms with Crippen molar-refractivity contribution in [3.05, 3.63) is 12.7 Å². The van der Waals surface area contributed by atoms with Crippen LogP contribution in [0.5, 0.6) is 0 Å². The Kier molecular flexibility index (Phi) is 7.10. The van der Waals surface area contributed by atoms with E-state index in [1.807, 2.05) is 6.92 Å². The highest BCUT2D eigenvalue weighted by atomic mass is 32.2. The van der Waals surface area contributed by atoms with Gasteiger partial charge >= 0.3 is 5.97 Å². The maximum atomic E-state index is 14.1. The smallest absolute Gasteiger partial charge is 0.308 e. The van der Waals surface area contributed by atoms with Gasteiger partial charge in [0.15, 0.2) is 0 Å². The van der Waals surface area contributed by atoms with E-state index in [0.717, 1.165) is 13.1 Å². The molecule has 0 aromatic heterocycles. The number of aliphatic hydroxyl groups excluding tert-OH is 1. The van der Waals surface area contributed by atoms with Gasteiger partial charge in [0.05, 0.1) is 29.8 Å². The predicted octanol–water partition coefficient (Wildman–Crippen LogP) is 0.282. The summed E-state index contributed by atoms with van der Waals surface area (Å²) in [5.41, 5.74) is 0. The third kappa shape index (κ3) is 4.09. The molecule has 10 heteroatoms. The van der Waals surface area contributed by atoms with Crippen molar-refractivity contribution < 1.29 is 29.3 Å². The average molecular weight is 482 g/mol. The van der Waals surface area contributed by atoms with E-state index in [4.69, 9.17) is 4.74 Å². The average Bonchev–Trinajstić information content (AvgIpc) is 3.36. The van der Waals surface area contributed by atoms with Crippen molar-refractivity contribution in [2.24, 2.45) is 11.8 Å². The molecule has 2 N–H and O–H groups in total. The number of hydrogen-bond donors (Lipinski definition) is 2. The van der Waals surface area contributed by atoms with Crippen molar-refractivity contribution in [3.8, 4) is 0 Å². The molecule has 2 unspecified atom stereocenters. The van der Waals surface area contributed by atoms with Crippen LogP contribution in [-0.4, -0.2) is 117 Å². The van der Waals surface area contributed by atoms with Crippen molar-refractivity contribution in [3.63, 3.8) is 0 Å². The minimum atomic E-state index is -0.963. The Morgan fingerprint density at radius 3 is 2.67 bits per heavy atom. The molecule has 2 amide bonds. The van der Waals surface area contributed by atoms with Gasteiger partial charge in [0, 0.05) is 50.6 Å². The number of rotatable bonds is 10. The van der Waals surface area contributed by atoms with E-state index in [1.54, 1.807) is 27.6 Å². The zero-order valence-electron chi connectivity index (χ0n) is 19.3. The fourth-order valence-electron chi connectivity index (χ4n) is 6.27. The number of carboxylic acids is 1. The zero-order valence-corrected chi connectivity index (χ0v) is 20.1. The van der Waals surface area contributed by atoms with E-state index in [0.29, 0.717) is 52.1 Å². The fourth-order valence-corrected chi connectivity index (χ4v) is 8.61. The lowest BCUT2D eigenvalue weighted by Crippen LogP contribution is -2.56. The number of fused-ring (bicyclic) bond motifs is 1. The van der Waals surface area contributed by atoms with Gasteiger partial charge < -0.3 is 24.7 Å². The number of aliphatic carboxylic acids is 1. The standard InChI is InChI=1S/C23H35N3O6S/c1-3-7-25(10-9-24-11-14-32-15-12-24)20(29)18-23-6-5-22(2,33-23)17(21(30)31)16(23)19(28)26(18)8-4-13-27/h3,16-18,27H,1,4-15H2,2H3,(H,30,31)/t16-,17+,18?,22-,23?/m0/s1. The Bertz CT molecular complexity index is 805. The third-order valence-electron chi connectivity index (χ3n) is 7.78. The third-order valence-corrected chi connectivity index (χ3v) is 9.77. The summed E-state index contributed by atoms with van der Waals surface area (Å²) >= 11 is 1.54. The van der Waals surface area contributed by atoms with Crippen molar-refractivity contribution in [2.75, 3.05) is 59.1 Å². The van der Waals surface area contributed by atoms with Crippen LogP contribution in [-0.2, 0) is 19.1 Å². The van der Waals surface area contributed by atoms with Gasteiger partial charge in [0.1, 0.15) is 6.04 Å². The summed E-state index contributed by atoms with van der Waals surface area (Å²) < 4.78 is 4.12. The summed E-state index contributed by atoms with van der Waals surface area (Å²) in [6.45, 7) is 10.5. The van der Waals surface area contributed by atoms with Crippen LogP contribution in [0.25, 0.3) is 0 Å². The molecule has 4 heterocycles. The molecule has 4 fully saturated rings. The second kappa shape index (κ2) is 9.56. The molecule has 0 radical (unpaired) electrons. The molecule has 9 nitrogen and oxygen atoms in total. The molecule has 184 valence electrons. The minimum absolute atomic E-state index is 0.0943. The molecule has 0 aromatic rings. The normalized spacial score (nSPS) is 35.6. The molecule has 4 aliphatic heterocycles. The van der Waals surface area contributed by atoms with Crippen LogP contribution >= 0.6 is 11.8 Å². The number of carbonyl (C=O) groups excluding carboxylic acids is 2. The van der Waals surface area contributed by atoms with Crippen LogP contribution in [0.2, 0.25) is 0 Å². The largest absolute Gasteiger partial charge is 0.481 e. The van der Waals surface area contributed by atoms with E-state index in [2.05, 4.69) is 11.5 Å². The first-order valence-corrected chi connectivity index (χ1v) is 12.6. The summed E-state index contributed by atoms with van der Waals surface area (Å²) in [5, 5.41) is 19.4. The number of aliphatic hydroxyl groups is 1.